The highest BCUT2D eigenvalue weighted by atomic mass is 32.1. The average Bonchev–Trinajstić information content (AvgIpc) is 2.96. The summed E-state index contributed by atoms with van der Waals surface area (Å²) >= 11 is 1.62. The summed E-state index contributed by atoms with van der Waals surface area (Å²) in [5, 5.41) is 4.09. The van der Waals surface area contributed by atoms with Crippen LogP contribution in [0.25, 0.3) is 11.0 Å². The molecule has 4 heteroatoms. The van der Waals surface area contributed by atoms with Gasteiger partial charge < -0.3 is 10.2 Å². The molecule has 0 saturated carbocycles. The molecule has 0 aliphatic heterocycles. The molecule has 2 heterocycles. The first-order valence-electron chi connectivity index (χ1n) is 5.45. The number of fused-ring (bicyclic) bond motifs is 1. The Morgan fingerprint density at radius 2 is 2.24 bits per heavy atom. The number of hydrogen-bond donors (Lipinski definition) is 1. The van der Waals surface area contributed by atoms with Crippen LogP contribution < -0.4 is 5.73 Å². The van der Waals surface area contributed by atoms with E-state index in [1.54, 1.807) is 17.5 Å². The first-order chi connectivity index (χ1) is 8.33. The summed E-state index contributed by atoms with van der Waals surface area (Å²) in [4.78, 5) is 4.23. The number of hydrogen-bond acceptors (Lipinski definition) is 4. The lowest BCUT2D eigenvalue weighted by molar-refractivity contribution is 0.493. The van der Waals surface area contributed by atoms with Crippen LogP contribution in [0.4, 0.5) is 0 Å². The molecule has 0 bridgehead atoms. The Labute approximate surface area is 103 Å². The number of thiazole rings is 1. The zero-order valence-electron chi connectivity index (χ0n) is 9.17. The summed E-state index contributed by atoms with van der Waals surface area (Å²) in [5.74, 6) is 0.821. The molecule has 1 aromatic carbocycles. The maximum absolute atomic E-state index is 6.12. The van der Waals surface area contributed by atoms with Crippen LogP contribution in [-0.4, -0.2) is 4.98 Å². The van der Waals surface area contributed by atoms with E-state index in [4.69, 9.17) is 10.2 Å². The zero-order chi connectivity index (χ0) is 11.7. The van der Waals surface area contributed by atoms with Crippen molar-refractivity contribution in [2.45, 2.75) is 12.5 Å². The van der Waals surface area contributed by atoms with Gasteiger partial charge in [-0.25, -0.2) is 4.98 Å². The minimum atomic E-state index is -0.131. The van der Waals surface area contributed by atoms with E-state index in [-0.39, 0.29) is 6.04 Å². The lowest BCUT2D eigenvalue weighted by atomic mass is 10.1. The first-order valence-corrected chi connectivity index (χ1v) is 6.33. The summed E-state index contributed by atoms with van der Waals surface area (Å²) in [6.45, 7) is 0. The molecule has 3 rings (SSSR count). The third-order valence-electron chi connectivity index (χ3n) is 2.69. The van der Waals surface area contributed by atoms with Gasteiger partial charge in [0.1, 0.15) is 11.3 Å². The third-order valence-corrected chi connectivity index (χ3v) is 3.49. The van der Waals surface area contributed by atoms with Crippen LogP contribution in [0.2, 0.25) is 0 Å². The molecule has 0 fully saturated rings. The van der Waals surface area contributed by atoms with Crippen LogP contribution in [0.15, 0.2) is 46.3 Å². The van der Waals surface area contributed by atoms with Crippen LogP contribution in [-0.2, 0) is 6.42 Å². The van der Waals surface area contributed by atoms with Crippen LogP contribution >= 0.6 is 11.3 Å². The van der Waals surface area contributed by atoms with Gasteiger partial charge in [0, 0.05) is 23.4 Å². The predicted octanol–water partition coefficient (Wildman–Crippen LogP) is 3.13. The standard InChI is InChI=1S/C13H12N2OS/c14-10(8-13-15-5-6-17-13)12-7-9-3-1-2-4-11(9)16-12/h1-7,10H,8,14H2. The number of nitrogens with two attached hydrogens (primary N) is 1. The summed E-state index contributed by atoms with van der Waals surface area (Å²) in [6.07, 6.45) is 2.52. The Balaban J connectivity index is 1.88. The smallest absolute Gasteiger partial charge is 0.134 e. The highest BCUT2D eigenvalue weighted by Crippen LogP contribution is 2.24. The van der Waals surface area contributed by atoms with Crippen LogP contribution in [0.5, 0.6) is 0 Å². The van der Waals surface area contributed by atoms with Crippen molar-refractivity contribution in [3.63, 3.8) is 0 Å². The van der Waals surface area contributed by atoms with Crippen molar-refractivity contribution in [2.24, 2.45) is 5.73 Å². The molecule has 0 amide bonds. The fourth-order valence-corrected chi connectivity index (χ4v) is 2.50. The fourth-order valence-electron chi connectivity index (χ4n) is 1.83. The molecule has 2 N–H and O–H groups in total. The summed E-state index contributed by atoms with van der Waals surface area (Å²) < 4.78 is 5.73. The molecule has 17 heavy (non-hydrogen) atoms. The molecule has 0 aliphatic carbocycles. The van der Waals surface area contributed by atoms with Gasteiger partial charge in [-0.2, -0.15) is 0 Å². The molecular weight excluding hydrogens is 232 g/mol. The van der Waals surface area contributed by atoms with E-state index in [2.05, 4.69) is 4.98 Å². The van der Waals surface area contributed by atoms with Gasteiger partial charge in [0.15, 0.2) is 0 Å². The molecule has 3 aromatic rings. The normalized spacial score (nSPS) is 13.0. The van der Waals surface area contributed by atoms with Gasteiger partial charge in [0.2, 0.25) is 0 Å². The lowest BCUT2D eigenvalue weighted by Gasteiger charge is -2.05. The maximum Gasteiger partial charge on any atom is 0.134 e. The van der Waals surface area contributed by atoms with Gasteiger partial charge >= 0.3 is 0 Å². The molecule has 0 spiro atoms. The van der Waals surface area contributed by atoms with E-state index in [1.807, 2.05) is 35.7 Å². The second-order valence-electron chi connectivity index (χ2n) is 3.92. The maximum atomic E-state index is 6.12. The predicted molar refractivity (Wildman–Crippen MR) is 69.0 cm³/mol. The second kappa shape index (κ2) is 4.31. The Hall–Kier alpha value is -1.65. The molecule has 1 unspecified atom stereocenters. The Kier molecular flexibility index (Phi) is 2.66. The van der Waals surface area contributed by atoms with Crippen molar-refractivity contribution >= 4 is 22.3 Å². The van der Waals surface area contributed by atoms with Gasteiger partial charge in [0.25, 0.3) is 0 Å². The number of rotatable bonds is 3. The number of para-hydroxylation sites is 1. The molecule has 0 aliphatic rings. The van der Waals surface area contributed by atoms with Crippen molar-refractivity contribution in [1.82, 2.24) is 4.98 Å². The highest BCUT2D eigenvalue weighted by molar-refractivity contribution is 7.09. The van der Waals surface area contributed by atoms with E-state index in [0.29, 0.717) is 0 Å². The largest absolute Gasteiger partial charge is 0.459 e. The molecule has 86 valence electrons. The highest BCUT2D eigenvalue weighted by Gasteiger charge is 2.13. The molecule has 2 aromatic heterocycles. The van der Waals surface area contributed by atoms with Crippen LogP contribution in [0, 0.1) is 0 Å². The van der Waals surface area contributed by atoms with E-state index in [0.717, 1.165) is 28.2 Å². The Morgan fingerprint density at radius 1 is 1.35 bits per heavy atom. The third kappa shape index (κ3) is 2.09. The minimum absolute atomic E-state index is 0.131. The second-order valence-corrected chi connectivity index (χ2v) is 4.90. The van der Waals surface area contributed by atoms with Crippen molar-refractivity contribution in [2.75, 3.05) is 0 Å². The molecule has 3 nitrogen and oxygen atoms in total. The number of aromatic nitrogens is 1. The molecular formula is C13H12N2OS. The minimum Gasteiger partial charge on any atom is -0.459 e. The zero-order valence-corrected chi connectivity index (χ0v) is 9.98. The van der Waals surface area contributed by atoms with Gasteiger partial charge in [-0.3, -0.25) is 0 Å². The SMILES string of the molecule is NC(Cc1nccs1)c1cc2ccccc2o1. The average molecular weight is 244 g/mol. The number of benzene rings is 1. The van der Waals surface area contributed by atoms with Crippen molar-refractivity contribution in [3.8, 4) is 0 Å². The van der Waals surface area contributed by atoms with E-state index in [9.17, 15) is 0 Å². The lowest BCUT2D eigenvalue weighted by Crippen LogP contribution is -2.12. The fraction of sp³-hybridized carbons (Fsp3) is 0.154. The molecule has 0 saturated heterocycles. The van der Waals surface area contributed by atoms with Crippen molar-refractivity contribution < 1.29 is 4.42 Å². The van der Waals surface area contributed by atoms with E-state index in [1.165, 1.54) is 0 Å². The summed E-state index contributed by atoms with van der Waals surface area (Å²) in [5.41, 5.74) is 7.01. The number of nitrogens with zero attached hydrogens (tertiary/aromatic N) is 1. The van der Waals surface area contributed by atoms with Crippen molar-refractivity contribution in [1.29, 1.82) is 0 Å². The van der Waals surface area contributed by atoms with Crippen LogP contribution in [0.3, 0.4) is 0 Å². The quantitative estimate of drug-likeness (QED) is 0.770. The van der Waals surface area contributed by atoms with Gasteiger partial charge in [-0.15, -0.1) is 11.3 Å². The Morgan fingerprint density at radius 3 is 3.00 bits per heavy atom. The van der Waals surface area contributed by atoms with Gasteiger partial charge in [0.05, 0.1) is 11.0 Å². The van der Waals surface area contributed by atoms with Gasteiger partial charge in [-0.05, 0) is 12.1 Å². The topological polar surface area (TPSA) is 52.0 Å². The number of furan rings is 1. The van der Waals surface area contributed by atoms with Crippen molar-refractivity contribution in [3.05, 3.63) is 52.7 Å². The molecule has 0 radical (unpaired) electrons. The van der Waals surface area contributed by atoms with E-state index < -0.39 is 0 Å². The summed E-state index contributed by atoms with van der Waals surface area (Å²) in [7, 11) is 0. The Bertz CT molecular complexity index is 582. The monoisotopic (exact) mass is 244 g/mol. The van der Waals surface area contributed by atoms with Gasteiger partial charge in [-0.1, -0.05) is 18.2 Å². The first kappa shape index (κ1) is 10.5. The van der Waals surface area contributed by atoms with Crippen LogP contribution in [0.1, 0.15) is 16.8 Å². The van der Waals surface area contributed by atoms with E-state index >= 15 is 0 Å². The molecule has 1 atom stereocenters. The summed E-state index contributed by atoms with van der Waals surface area (Å²) in [6, 6.07) is 9.81.